The lowest BCUT2D eigenvalue weighted by molar-refractivity contribution is 0.102. The highest BCUT2D eigenvalue weighted by molar-refractivity contribution is 6.31. The van der Waals surface area contributed by atoms with E-state index < -0.39 is 5.91 Å². The summed E-state index contributed by atoms with van der Waals surface area (Å²) < 4.78 is 5.14. The van der Waals surface area contributed by atoms with Gasteiger partial charge in [-0.2, -0.15) is 0 Å². The zero-order valence-electron chi connectivity index (χ0n) is 15.3. The number of aromatic nitrogens is 1. The predicted octanol–water partition coefficient (Wildman–Crippen LogP) is 4.56. The van der Waals surface area contributed by atoms with E-state index in [1.165, 1.54) is 18.3 Å². The second-order valence-corrected chi connectivity index (χ2v) is 6.39. The summed E-state index contributed by atoms with van der Waals surface area (Å²) >= 11 is 6.09. The molecule has 0 unspecified atom stereocenters. The third-order valence-electron chi connectivity index (χ3n) is 4.10. The molecule has 0 saturated carbocycles. The summed E-state index contributed by atoms with van der Waals surface area (Å²) in [6.45, 7) is 1.82. The van der Waals surface area contributed by atoms with E-state index in [4.69, 9.17) is 16.3 Å². The molecule has 7 heteroatoms. The van der Waals surface area contributed by atoms with Gasteiger partial charge in [-0.05, 0) is 48.9 Å². The molecule has 2 amide bonds. The normalized spacial score (nSPS) is 10.2. The fourth-order valence-electron chi connectivity index (χ4n) is 2.53. The lowest BCUT2D eigenvalue weighted by Crippen LogP contribution is -2.17. The number of pyridine rings is 1. The Hall–Kier alpha value is -3.38. The van der Waals surface area contributed by atoms with Crippen molar-refractivity contribution in [3.05, 3.63) is 82.6 Å². The molecule has 2 aromatic carbocycles. The number of carbonyl (C=O) groups excluding carboxylic acids is 2. The van der Waals surface area contributed by atoms with Crippen molar-refractivity contribution < 1.29 is 14.3 Å². The maximum absolute atomic E-state index is 12.6. The molecule has 0 saturated heterocycles. The van der Waals surface area contributed by atoms with Crippen LogP contribution in [0.4, 0.5) is 11.4 Å². The van der Waals surface area contributed by atoms with E-state index in [1.54, 1.807) is 49.6 Å². The molecule has 28 heavy (non-hydrogen) atoms. The summed E-state index contributed by atoms with van der Waals surface area (Å²) in [5.41, 5.74) is 2.37. The highest BCUT2D eigenvalue weighted by Gasteiger charge is 2.14. The van der Waals surface area contributed by atoms with Crippen molar-refractivity contribution in [1.82, 2.24) is 4.98 Å². The fraction of sp³-hybridized carbons (Fsp3) is 0.0952. The van der Waals surface area contributed by atoms with Gasteiger partial charge in [-0.25, -0.2) is 0 Å². The third-order valence-corrected chi connectivity index (χ3v) is 4.51. The van der Waals surface area contributed by atoms with Gasteiger partial charge in [0, 0.05) is 34.2 Å². The molecular weight excluding hydrogens is 378 g/mol. The molecule has 0 aliphatic rings. The maximum atomic E-state index is 12.6. The van der Waals surface area contributed by atoms with E-state index in [1.807, 2.05) is 6.92 Å². The first-order valence-electron chi connectivity index (χ1n) is 8.46. The summed E-state index contributed by atoms with van der Waals surface area (Å²) in [6.07, 6.45) is 1.42. The van der Waals surface area contributed by atoms with Crippen molar-refractivity contribution in [3.8, 4) is 5.75 Å². The van der Waals surface area contributed by atoms with Gasteiger partial charge < -0.3 is 15.4 Å². The van der Waals surface area contributed by atoms with Gasteiger partial charge >= 0.3 is 0 Å². The van der Waals surface area contributed by atoms with E-state index >= 15 is 0 Å². The second kappa shape index (κ2) is 8.54. The molecule has 1 heterocycles. The first-order valence-corrected chi connectivity index (χ1v) is 8.83. The molecular formula is C21H18ClN3O3. The Bertz CT molecular complexity index is 1040. The number of halogens is 1. The number of nitrogens with zero attached hydrogens (tertiary/aromatic N) is 1. The zero-order chi connectivity index (χ0) is 20.1. The van der Waals surface area contributed by atoms with Crippen molar-refractivity contribution in [1.29, 1.82) is 0 Å². The predicted molar refractivity (Wildman–Crippen MR) is 109 cm³/mol. The summed E-state index contributed by atoms with van der Waals surface area (Å²) in [4.78, 5) is 29.1. The van der Waals surface area contributed by atoms with Crippen LogP contribution in [-0.4, -0.2) is 23.9 Å². The summed E-state index contributed by atoms with van der Waals surface area (Å²) in [6, 6.07) is 15.2. The Balaban J connectivity index is 1.76. The number of benzene rings is 2. The fourth-order valence-corrected chi connectivity index (χ4v) is 2.70. The molecule has 1 aromatic heterocycles. The average Bonchev–Trinajstić information content (AvgIpc) is 2.71. The quantitative estimate of drug-likeness (QED) is 0.663. The molecule has 0 aliphatic heterocycles. The minimum atomic E-state index is -0.429. The van der Waals surface area contributed by atoms with Gasteiger partial charge in [0.25, 0.3) is 11.8 Å². The summed E-state index contributed by atoms with van der Waals surface area (Å²) in [5.74, 6) is -0.166. The van der Waals surface area contributed by atoms with Crippen LogP contribution in [0.2, 0.25) is 5.02 Å². The maximum Gasteiger partial charge on any atom is 0.274 e. The van der Waals surface area contributed by atoms with Crippen molar-refractivity contribution >= 4 is 34.8 Å². The second-order valence-electron chi connectivity index (χ2n) is 5.98. The highest BCUT2D eigenvalue weighted by atomic mass is 35.5. The largest absolute Gasteiger partial charge is 0.497 e. The molecule has 6 nitrogen and oxygen atoms in total. The van der Waals surface area contributed by atoms with Crippen LogP contribution in [0.1, 0.15) is 26.4 Å². The molecule has 142 valence electrons. The minimum Gasteiger partial charge on any atom is -0.497 e. The van der Waals surface area contributed by atoms with Gasteiger partial charge in [0.15, 0.2) is 0 Å². The average molecular weight is 396 g/mol. The standard InChI is InChI=1S/C21H18ClN3O3/c1-13-17(22)7-4-8-18(13)25-20(26)14-9-10-23-19(11-14)21(27)24-15-5-3-6-16(12-15)28-2/h3-12H,1-2H3,(H,24,27)(H,25,26). The number of anilines is 2. The molecule has 2 N–H and O–H groups in total. The van der Waals surface area contributed by atoms with Gasteiger partial charge in [-0.15, -0.1) is 0 Å². The Morgan fingerprint density at radius 1 is 1.00 bits per heavy atom. The highest BCUT2D eigenvalue weighted by Crippen LogP contribution is 2.23. The number of nitrogens with one attached hydrogen (secondary N) is 2. The lowest BCUT2D eigenvalue weighted by Gasteiger charge is -2.10. The van der Waals surface area contributed by atoms with Crippen molar-refractivity contribution in [3.63, 3.8) is 0 Å². The molecule has 3 aromatic rings. The Kier molecular flexibility index (Phi) is 5.91. The van der Waals surface area contributed by atoms with Crippen molar-refractivity contribution in [2.24, 2.45) is 0 Å². The van der Waals surface area contributed by atoms with Crippen molar-refractivity contribution in [2.45, 2.75) is 6.92 Å². The van der Waals surface area contributed by atoms with Crippen LogP contribution >= 0.6 is 11.6 Å². The molecule has 0 radical (unpaired) electrons. The van der Waals surface area contributed by atoms with E-state index in [0.717, 1.165) is 5.56 Å². The smallest absolute Gasteiger partial charge is 0.274 e. The number of rotatable bonds is 5. The van der Waals surface area contributed by atoms with Gasteiger partial charge in [-0.1, -0.05) is 23.7 Å². The van der Waals surface area contributed by atoms with Gasteiger partial charge in [0.2, 0.25) is 0 Å². The molecule has 0 fully saturated rings. The number of amides is 2. The Morgan fingerprint density at radius 3 is 2.57 bits per heavy atom. The Morgan fingerprint density at radius 2 is 1.79 bits per heavy atom. The van der Waals surface area contributed by atoms with Crippen LogP contribution in [0, 0.1) is 6.92 Å². The van der Waals surface area contributed by atoms with Crippen LogP contribution < -0.4 is 15.4 Å². The number of ether oxygens (including phenoxy) is 1. The number of hydrogen-bond donors (Lipinski definition) is 2. The molecule has 0 aliphatic carbocycles. The van der Waals surface area contributed by atoms with Crippen LogP contribution in [0.5, 0.6) is 5.75 Å². The third kappa shape index (κ3) is 4.47. The van der Waals surface area contributed by atoms with Crippen molar-refractivity contribution in [2.75, 3.05) is 17.7 Å². The van der Waals surface area contributed by atoms with Gasteiger partial charge in [0.1, 0.15) is 11.4 Å². The number of methoxy groups -OCH3 is 1. The monoisotopic (exact) mass is 395 g/mol. The first kappa shape index (κ1) is 19.4. The van der Waals surface area contributed by atoms with E-state index in [9.17, 15) is 9.59 Å². The van der Waals surface area contributed by atoms with E-state index in [2.05, 4.69) is 15.6 Å². The first-order chi connectivity index (χ1) is 13.5. The Labute approximate surface area is 167 Å². The van der Waals surface area contributed by atoms with Crippen LogP contribution in [0.3, 0.4) is 0 Å². The topological polar surface area (TPSA) is 80.3 Å². The molecule has 0 atom stereocenters. The lowest BCUT2D eigenvalue weighted by atomic mass is 10.1. The van der Waals surface area contributed by atoms with Crippen LogP contribution in [-0.2, 0) is 0 Å². The molecule has 0 bridgehead atoms. The van der Waals surface area contributed by atoms with E-state index in [0.29, 0.717) is 27.7 Å². The number of hydrogen-bond acceptors (Lipinski definition) is 4. The SMILES string of the molecule is COc1cccc(NC(=O)c2cc(C(=O)Nc3cccc(Cl)c3C)ccn2)c1. The van der Waals surface area contributed by atoms with Crippen LogP contribution in [0.15, 0.2) is 60.8 Å². The molecule has 0 spiro atoms. The van der Waals surface area contributed by atoms with Crippen LogP contribution in [0.25, 0.3) is 0 Å². The van der Waals surface area contributed by atoms with Gasteiger partial charge in [0.05, 0.1) is 7.11 Å². The zero-order valence-corrected chi connectivity index (χ0v) is 16.1. The summed E-state index contributed by atoms with van der Waals surface area (Å²) in [7, 11) is 1.55. The van der Waals surface area contributed by atoms with Gasteiger partial charge in [-0.3, -0.25) is 14.6 Å². The molecule has 3 rings (SSSR count). The number of carbonyl (C=O) groups is 2. The minimum absolute atomic E-state index is 0.123. The van der Waals surface area contributed by atoms with E-state index in [-0.39, 0.29) is 11.6 Å². The summed E-state index contributed by atoms with van der Waals surface area (Å²) in [5, 5.41) is 6.09.